The van der Waals surface area contributed by atoms with Crippen molar-refractivity contribution >= 4 is 28.1 Å². The van der Waals surface area contributed by atoms with Crippen LogP contribution in [0.25, 0.3) is 10.8 Å². The third-order valence-electron chi connectivity index (χ3n) is 7.04. The highest BCUT2D eigenvalue weighted by atomic mass is 16.2. The van der Waals surface area contributed by atoms with Gasteiger partial charge in [0.15, 0.2) is 5.69 Å². The summed E-state index contributed by atoms with van der Waals surface area (Å²) in [5, 5.41) is 5.69. The summed E-state index contributed by atoms with van der Waals surface area (Å²) in [6, 6.07) is 14.6. The maximum atomic E-state index is 14.0. The Labute approximate surface area is 188 Å². The molecule has 32 heavy (non-hydrogen) atoms. The minimum absolute atomic E-state index is 0.128. The van der Waals surface area contributed by atoms with Gasteiger partial charge in [0.25, 0.3) is 11.5 Å². The molecule has 3 aromatic rings. The van der Waals surface area contributed by atoms with E-state index in [1.165, 1.54) is 10.2 Å². The average Bonchev–Trinajstić information content (AvgIpc) is 3.16. The zero-order chi connectivity index (χ0) is 22.4. The van der Waals surface area contributed by atoms with E-state index in [1.54, 1.807) is 6.07 Å². The van der Waals surface area contributed by atoms with Gasteiger partial charge in [-0.2, -0.15) is 5.10 Å². The fraction of sp³-hybridized carbons (Fsp3) is 0.423. The second-order valence-corrected chi connectivity index (χ2v) is 9.04. The number of nitrogens with zero attached hydrogens (tertiary/aromatic N) is 4. The van der Waals surface area contributed by atoms with E-state index in [4.69, 9.17) is 0 Å². The van der Waals surface area contributed by atoms with E-state index in [0.717, 1.165) is 37.1 Å². The molecule has 166 valence electrons. The predicted octanol–water partition coefficient (Wildman–Crippen LogP) is 4.39. The third-order valence-corrected chi connectivity index (χ3v) is 7.04. The SMILES string of the molecule is CCn1nc(C(=O)N2CCCc3cccc(N4[C@@H](C)CC[C@@H]4C)c32)c2ccccc2c1=O. The summed E-state index contributed by atoms with van der Waals surface area (Å²) < 4.78 is 1.40. The van der Waals surface area contributed by atoms with Crippen molar-refractivity contribution in [2.75, 3.05) is 16.3 Å². The highest BCUT2D eigenvalue weighted by Gasteiger charge is 2.34. The van der Waals surface area contributed by atoms with Crippen LogP contribution in [0, 0.1) is 0 Å². The van der Waals surface area contributed by atoms with Crippen molar-refractivity contribution in [3.63, 3.8) is 0 Å². The van der Waals surface area contributed by atoms with Crippen molar-refractivity contribution in [3.05, 3.63) is 64.1 Å². The zero-order valence-electron chi connectivity index (χ0n) is 19.0. The van der Waals surface area contributed by atoms with E-state index in [2.05, 4.69) is 42.0 Å². The van der Waals surface area contributed by atoms with Gasteiger partial charge >= 0.3 is 0 Å². The number of aromatic nitrogens is 2. The molecule has 2 aliphatic heterocycles. The second-order valence-electron chi connectivity index (χ2n) is 9.04. The molecule has 0 radical (unpaired) electrons. The second kappa shape index (κ2) is 8.08. The number of anilines is 2. The summed E-state index contributed by atoms with van der Waals surface area (Å²) in [6.45, 7) is 7.49. The predicted molar refractivity (Wildman–Crippen MR) is 129 cm³/mol. The van der Waals surface area contributed by atoms with Crippen LogP contribution in [0.3, 0.4) is 0 Å². The van der Waals surface area contributed by atoms with Crippen molar-refractivity contribution in [1.82, 2.24) is 9.78 Å². The van der Waals surface area contributed by atoms with Gasteiger partial charge in [0.2, 0.25) is 0 Å². The van der Waals surface area contributed by atoms with Crippen molar-refractivity contribution < 1.29 is 4.79 Å². The first-order valence-electron chi connectivity index (χ1n) is 11.7. The lowest BCUT2D eigenvalue weighted by molar-refractivity contribution is 0.0980. The summed E-state index contributed by atoms with van der Waals surface area (Å²) in [4.78, 5) is 31.2. The number of fused-ring (bicyclic) bond motifs is 2. The molecule has 5 rings (SSSR count). The first kappa shape index (κ1) is 20.7. The van der Waals surface area contributed by atoms with Crippen LogP contribution < -0.4 is 15.4 Å². The summed E-state index contributed by atoms with van der Waals surface area (Å²) in [5.41, 5.74) is 3.57. The first-order chi connectivity index (χ1) is 15.5. The normalized spacial score (nSPS) is 20.6. The Kier molecular flexibility index (Phi) is 5.24. The maximum absolute atomic E-state index is 14.0. The molecule has 1 saturated heterocycles. The monoisotopic (exact) mass is 430 g/mol. The summed E-state index contributed by atoms with van der Waals surface area (Å²) in [6.07, 6.45) is 4.20. The summed E-state index contributed by atoms with van der Waals surface area (Å²) in [5.74, 6) is -0.128. The number of carbonyl (C=O) groups excluding carboxylic acids is 1. The van der Waals surface area contributed by atoms with Crippen LogP contribution in [-0.4, -0.2) is 34.3 Å². The average molecular weight is 431 g/mol. The Morgan fingerprint density at radius 2 is 1.75 bits per heavy atom. The van der Waals surface area contributed by atoms with Crippen LogP contribution in [0.5, 0.6) is 0 Å². The Morgan fingerprint density at radius 3 is 2.47 bits per heavy atom. The topological polar surface area (TPSA) is 58.4 Å². The van der Waals surface area contributed by atoms with Crippen LogP contribution in [0.4, 0.5) is 11.4 Å². The van der Waals surface area contributed by atoms with E-state index in [-0.39, 0.29) is 11.5 Å². The molecule has 2 aromatic carbocycles. The van der Waals surface area contributed by atoms with Gasteiger partial charge in [0.1, 0.15) is 0 Å². The summed E-state index contributed by atoms with van der Waals surface area (Å²) >= 11 is 0. The highest BCUT2D eigenvalue weighted by Crippen LogP contribution is 2.42. The molecule has 0 bridgehead atoms. The molecular weight excluding hydrogens is 400 g/mol. The Bertz CT molecular complexity index is 1240. The zero-order valence-corrected chi connectivity index (χ0v) is 19.0. The van der Waals surface area contributed by atoms with E-state index < -0.39 is 0 Å². The molecule has 0 N–H and O–H groups in total. The molecule has 0 aliphatic carbocycles. The molecular formula is C26H30N4O2. The molecule has 0 saturated carbocycles. The van der Waals surface area contributed by atoms with Crippen LogP contribution in [-0.2, 0) is 13.0 Å². The van der Waals surface area contributed by atoms with Crippen molar-refractivity contribution in [3.8, 4) is 0 Å². The van der Waals surface area contributed by atoms with E-state index in [0.29, 0.717) is 41.6 Å². The van der Waals surface area contributed by atoms with E-state index >= 15 is 0 Å². The Hall–Kier alpha value is -3.15. The van der Waals surface area contributed by atoms with Gasteiger partial charge in [-0.05, 0) is 64.2 Å². The lowest BCUT2D eigenvalue weighted by Crippen LogP contribution is -2.40. The minimum atomic E-state index is -0.154. The minimum Gasteiger partial charge on any atom is -0.364 e. The maximum Gasteiger partial charge on any atom is 0.279 e. The van der Waals surface area contributed by atoms with Crippen molar-refractivity contribution in [1.29, 1.82) is 0 Å². The Balaban J connectivity index is 1.67. The van der Waals surface area contributed by atoms with Gasteiger partial charge in [0, 0.05) is 30.6 Å². The number of carbonyl (C=O) groups is 1. The molecule has 0 spiro atoms. The fourth-order valence-corrected chi connectivity index (χ4v) is 5.45. The number of hydrogen-bond acceptors (Lipinski definition) is 4. The van der Waals surface area contributed by atoms with E-state index in [1.807, 2.05) is 30.0 Å². The summed E-state index contributed by atoms with van der Waals surface area (Å²) in [7, 11) is 0. The number of benzene rings is 2. The quantitative estimate of drug-likeness (QED) is 0.619. The number of amides is 1. The van der Waals surface area contributed by atoms with Crippen LogP contribution in [0.1, 0.15) is 56.1 Å². The van der Waals surface area contributed by atoms with Gasteiger partial charge in [-0.1, -0.05) is 30.3 Å². The van der Waals surface area contributed by atoms with Crippen LogP contribution in [0.2, 0.25) is 0 Å². The standard InChI is InChI=1S/C26H30N4O2/c1-4-29-25(31)21-12-6-5-11-20(21)23(27-29)26(32)28-16-8-10-19-9-7-13-22(24(19)28)30-17(2)14-15-18(30)3/h5-7,9,11-13,17-18H,4,8,10,14-16H2,1-3H3/t17-,18-/m0/s1. The smallest absolute Gasteiger partial charge is 0.279 e. The Morgan fingerprint density at radius 1 is 1.03 bits per heavy atom. The number of rotatable bonds is 3. The van der Waals surface area contributed by atoms with E-state index in [9.17, 15) is 9.59 Å². The van der Waals surface area contributed by atoms with Gasteiger partial charge in [-0.15, -0.1) is 0 Å². The van der Waals surface area contributed by atoms with Gasteiger partial charge < -0.3 is 9.80 Å². The lowest BCUT2D eigenvalue weighted by Gasteiger charge is -2.37. The number of aryl methyl sites for hydroxylation is 2. The first-order valence-corrected chi connectivity index (χ1v) is 11.7. The molecule has 1 fully saturated rings. The van der Waals surface area contributed by atoms with Crippen LogP contribution >= 0.6 is 0 Å². The van der Waals surface area contributed by atoms with Crippen molar-refractivity contribution in [2.45, 2.75) is 65.1 Å². The van der Waals surface area contributed by atoms with Gasteiger partial charge in [-0.25, -0.2) is 4.68 Å². The third kappa shape index (κ3) is 3.20. The number of hydrogen-bond donors (Lipinski definition) is 0. The fourth-order valence-electron chi connectivity index (χ4n) is 5.45. The van der Waals surface area contributed by atoms with Crippen LogP contribution in [0.15, 0.2) is 47.3 Å². The van der Waals surface area contributed by atoms with Crippen molar-refractivity contribution in [2.24, 2.45) is 0 Å². The molecule has 6 heteroatoms. The highest BCUT2D eigenvalue weighted by molar-refractivity contribution is 6.14. The largest absolute Gasteiger partial charge is 0.364 e. The molecule has 0 unspecified atom stereocenters. The van der Waals surface area contributed by atoms with Gasteiger partial charge in [0.05, 0.1) is 16.8 Å². The molecule has 1 aromatic heterocycles. The molecule has 2 atom stereocenters. The molecule has 2 aliphatic rings. The molecule has 3 heterocycles. The molecule has 1 amide bonds. The lowest BCUT2D eigenvalue weighted by atomic mass is 9.98. The molecule has 6 nitrogen and oxygen atoms in total. The number of para-hydroxylation sites is 1. The van der Waals surface area contributed by atoms with Gasteiger partial charge in [-0.3, -0.25) is 9.59 Å².